The summed E-state index contributed by atoms with van der Waals surface area (Å²) >= 11 is 4.32. The third-order valence-corrected chi connectivity index (χ3v) is 4.88. The summed E-state index contributed by atoms with van der Waals surface area (Å²) in [5, 5.41) is 0. The van der Waals surface area contributed by atoms with E-state index in [9.17, 15) is 0 Å². The zero-order chi connectivity index (χ0) is 8.70. The predicted molar refractivity (Wildman–Crippen MR) is 54.1 cm³/mol. The predicted octanol–water partition coefficient (Wildman–Crippen LogP) is 3.17. The lowest BCUT2D eigenvalue weighted by Gasteiger charge is -2.21. The molecule has 0 nitrogen and oxygen atoms in total. The second-order valence-corrected chi connectivity index (χ2v) is 4.76. The quantitative estimate of drug-likeness (QED) is 0.470. The van der Waals surface area contributed by atoms with Crippen LogP contribution < -0.4 is 0 Å². The standard InChI is InChI=1S/C6H10I2/c7-5-3-1-2-4-6(5)8/h5-6H,1-4H2/t5-,6+/i1D2,6D/m0/s1. The van der Waals surface area contributed by atoms with Crippen LogP contribution in [0.1, 0.15) is 29.7 Å². The first-order valence-corrected chi connectivity index (χ1v) is 4.99. The topological polar surface area (TPSA) is 0 Å². The van der Waals surface area contributed by atoms with Gasteiger partial charge in [-0.25, -0.2) is 0 Å². The number of hydrogen-bond acceptors (Lipinski definition) is 0. The van der Waals surface area contributed by atoms with Gasteiger partial charge in [-0.15, -0.1) is 0 Å². The lowest BCUT2D eigenvalue weighted by atomic mass is 10.0. The van der Waals surface area contributed by atoms with E-state index in [0.717, 1.165) is 0 Å². The van der Waals surface area contributed by atoms with Crippen LogP contribution in [0.5, 0.6) is 0 Å². The molecule has 1 rings (SSSR count). The normalized spacial score (nSPS) is 60.8. The molecule has 0 aromatic heterocycles. The Labute approximate surface area is 82.3 Å². The lowest BCUT2D eigenvalue weighted by Crippen LogP contribution is -2.17. The fourth-order valence-corrected chi connectivity index (χ4v) is 1.82. The second kappa shape index (κ2) is 3.58. The monoisotopic (exact) mass is 339 g/mol. The summed E-state index contributed by atoms with van der Waals surface area (Å²) in [6.45, 7) is 0. The molecule has 2 heteroatoms. The molecular weight excluding hydrogens is 326 g/mol. The van der Waals surface area contributed by atoms with E-state index < -0.39 is 10.3 Å². The fraction of sp³-hybridized carbons (Fsp3) is 1.00. The van der Waals surface area contributed by atoms with Gasteiger partial charge in [-0.05, 0) is 12.8 Å². The van der Waals surface area contributed by atoms with Gasteiger partial charge in [0.05, 0.1) is 0 Å². The van der Waals surface area contributed by atoms with Gasteiger partial charge in [0.15, 0.2) is 0 Å². The highest BCUT2D eigenvalue weighted by molar-refractivity contribution is 14.1. The molecule has 0 heterocycles. The molecule has 0 unspecified atom stereocenters. The van der Waals surface area contributed by atoms with Crippen molar-refractivity contribution in [3.05, 3.63) is 0 Å². The van der Waals surface area contributed by atoms with Crippen LogP contribution in [0.2, 0.25) is 0 Å². The van der Waals surface area contributed by atoms with Crippen molar-refractivity contribution < 1.29 is 4.11 Å². The molecule has 1 fully saturated rings. The van der Waals surface area contributed by atoms with Crippen LogP contribution >= 0.6 is 45.2 Å². The van der Waals surface area contributed by atoms with E-state index in [0.29, 0.717) is 19.3 Å². The Balaban J connectivity index is 2.63. The van der Waals surface area contributed by atoms with Crippen molar-refractivity contribution in [3.63, 3.8) is 0 Å². The molecule has 48 valence electrons. The lowest BCUT2D eigenvalue weighted by molar-refractivity contribution is 0.551. The van der Waals surface area contributed by atoms with Crippen molar-refractivity contribution in [1.82, 2.24) is 0 Å². The molecule has 0 bridgehead atoms. The fourth-order valence-electron chi connectivity index (χ4n) is 0.704. The van der Waals surface area contributed by atoms with Crippen LogP contribution in [-0.2, 0) is 0 Å². The highest BCUT2D eigenvalue weighted by Gasteiger charge is 2.18. The zero-order valence-electron chi connectivity index (χ0n) is 7.45. The summed E-state index contributed by atoms with van der Waals surface area (Å²) in [5.74, 6) is 0. The molecule has 0 aromatic rings. The van der Waals surface area contributed by atoms with Crippen molar-refractivity contribution >= 4 is 45.2 Å². The van der Waals surface area contributed by atoms with Gasteiger partial charge in [-0.1, -0.05) is 58.0 Å². The van der Waals surface area contributed by atoms with Crippen LogP contribution in [0.3, 0.4) is 0 Å². The van der Waals surface area contributed by atoms with E-state index >= 15 is 0 Å². The van der Waals surface area contributed by atoms with E-state index in [1.807, 2.05) is 0 Å². The molecule has 0 spiro atoms. The van der Waals surface area contributed by atoms with Crippen molar-refractivity contribution in [2.24, 2.45) is 0 Å². The van der Waals surface area contributed by atoms with Gasteiger partial charge in [-0.3, -0.25) is 0 Å². The molecule has 2 atom stereocenters. The molecule has 0 N–H and O–H groups in total. The Hall–Kier alpha value is 1.46. The minimum atomic E-state index is -1.03. The molecule has 0 aromatic carbocycles. The number of halogens is 2. The van der Waals surface area contributed by atoms with Gasteiger partial charge in [0.1, 0.15) is 0 Å². The van der Waals surface area contributed by atoms with E-state index in [4.69, 9.17) is 4.11 Å². The Morgan fingerprint density at radius 1 is 1.50 bits per heavy atom. The molecule has 1 aliphatic rings. The largest absolute Gasteiger partial charge is 0.0815 e. The van der Waals surface area contributed by atoms with Crippen molar-refractivity contribution in [2.75, 3.05) is 0 Å². The molecular formula is C6H10I2. The second-order valence-electron chi connectivity index (χ2n) is 1.87. The third-order valence-electron chi connectivity index (χ3n) is 1.20. The summed E-state index contributed by atoms with van der Waals surface area (Å²) in [7, 11) is 0. The highest BCUT2D eigenvalue weighted by atomic mass is 127. The number of alkyl halides is 2. The van der Waals surface area contributed by atoms with Gasteiger partial charge in [0, 0.05) is 11.9 Å². The van der Waals surface area contributed by atoms with Gasteiger partial charge in [0.2, 0.25) is 0 Å². The van der Waals surface area contributed by atoms with Crippen LogP contribution in [-0.4, -0.2) is 7.83 Å². The van der Waals surface area contributed by atoms with Gasteiger partial charge in [-0.2, -0.15) is 0 Å². The minimum absolute atomic E-state index is 0.143. The smallest absolute Gasteiger partial charge is 0.0425 e. The third kappa shape index (κ3) is 2.01. The number of hydrogen-bond donors (Lipinski definition) is 0. The first-order valence-electron chi connectivity index (χ1n) is 4.16. The Bertz CT molecular complexity index is 158. The SMILES string of the molecule is [2H]C1([2H])CC[C@@]([2H])(I)[C@@H](I)C1. The van der Waals surface area contributed by atoms with E-state index in [-0.39, 0.29) is 3.92 Å². The van der Waals surface area contributed by atoms with Crippen molar-refractivity contribution in [1.29, 1.82) is 0 Å². The zero-order valence-corrected chi connectivity index (χ0v) is 8.77. The van der Waals surface area contributed by atoms with E-state index in [2.05, 4.69) is 45.2 Å². The van der Waals surface area contributed by atoms with Crippen molar-refractivity contribution in [3.8, 4) is 0 Å². The van der Waals surface area contributed by atoms with Crippen LogP contribution in [0.25, 0.3) is 0 Å². The maximum atomic E-state index is 7.82. The van der Waals surface area contributed by atoms with Crippen LogP contribution in [0.15, 0.2) is 0 Å². The van der Waals surface area contributed by atoms with Gasteiger partial charge >= 0.3 is 0 Å². The van der Waals surface area contributed by atoms with E-state index in [1.165, 1.54) is 0 Å². The molecule has 8 heavy (non-hydrogen) atoms. The summed E-state index contributed by atoms with van der Waals surface area (Å²) in [6.07, 6.45) is 0.717. The molecule has 0 amide bonds. The molecule has 1 saturated carbocycles. The van der Waals surface area contributed by atoms with Crippen LogP contribution in [0, 0.1) is 0 Å². The minimum Gasteiger partial charge on any atom is -0.0815 e. The Morgan fingerprint density at radius 3 is 2.75 bits per heavy atom. The Morgan fingerprint density at radius 2 is 2.25 bits per heavy atom. The highest BCUT2D eigenvalue weighted by Crippen LogP contribution is 2.30. The molecule has 0 radical (unpaired) electrons. The van der Waals surface area contributed by atoms with Crippen molar-refractivity contribution in [2.45, 2.75) is 33.5 Å². The summed E-state index contributed by atoms with van der Waals surface area (Å²) < 4.78 is 22.5. The first kappa shape index (κ1) is 4.36. The summed E-state index contributed by atoms with van der Waals surface area (Å²) in [4.78, 5) is 0. The Kier molecular flexibility index (Phi) is 1.95. The summed E-state index contributed by atoms with van der Waals surface area (Å²) in [6, 6.07) is 0. The first-order chi connectivity index (χ1) is 4.83. The number of rotatable bonds is 0. The molecule has 0 saturated heterocycles. The summed E-state index contributed by atoms with van der Waals surface area (Å²) in [5.41, 5.74) is 0. The average molecular weight is 339 g/mol. The average Bonchev–Trinajstić information content (AvgIpc) is 1.81. The van der Waals surface area contributed by atoms with E-state index in [1.54, 1.807) is 0 Å². The van der Waals surface area contributed by atoms with Gasteiger partial charge < -0.3 is 0 Å². The van der Waals surface area contributed by atoms with Gasteiger partial charge in [0.25, 0.3) is 0 Å². The maximum Gasteiger partial charge on any atom is 0.0425 e. The molecule has 0 aliphatic heterocycles. The van der Waals surface area contributed by atoms with Crippen LogP contribution in [0.4, 0.5) is 0 Å². The molecule has 1 aliphatic carbocycles. The maximum absolute atomic E-state index is 7.82.